The van der Waals surface area contributed by atoms with Crippen LogP contribution in [0.3, 0.4) is 0 Å². The SMILES string of the molecule is Cc1cc(NCC2CCCN(C(C)c3ccc4c(c3)OCC4)C2)cc(C(F)(F)F)n1. The number of nitrogens with zero attached hydrogens (tertiary/aromatic N) is 2. The first-order chi connectivity index (χ1) is 14.3. The molecule has 3 heterocycles. The second kappa shape index (κ2) is 8.46. The number of aryl methyl sites for hydroxylation is 1. The second-order valence-electron chi connectivity index (χ2n) is 8.41. The Kier molecular flexibility index (Phi) is 5.91. The maximum Gasteiger partial charge on any atom is 0.433 e. The van der Waals surface area contributed by atoms with Gasteiger partial charge in [-0.25, -0.2) is 4.98 Å². The first-order valence-corrected chi connectivity index (χ1v) is 10.6. The number of hydrogen-bond donors (Lipinski definition) is 1. The first kappa shape index (κ1) is 21.0. The number of ether oxygens (including phenoxy) is 1. The summed E-state index contributed by atoms with van der Waals surface area (Å²) in [6.07, 6.45) is -1.30. The number of aromatic nitrogens is 1. The van der Waals surface area contributed by atoms with Crippen molar-refractivity contribution < 1.29 is 17.9 Å². The third kappa shape index (κ3) is 4.72. The van der Waals surface area contributed by atoms with Crippen LogP contribution in [0.4, 0.5) is 18.9 Å². The van der Waals surface area contributed by atoms with E-state index in [4.69, 9.17) is 4.74 Å². The zero-order valence-corrected chi connectivity index (χ0v) is 17.4. The highest BCUT2D eigenvalue weighted by molar-refractivity contribution is 5.46. The Morgan fingerprint density at radius 2 is 2.10 bits per heavy atom. The second-order valence-corrected chi connectivity index (χ2v) is 8.41. The lowest BCUT2D eigenvalue weighted by Crippen LogP contribution is -2.39. The van der Waals surface area contributed by atoms with E-state index in [9.17, 15) is 13.2 Å². The fraction of sp³-hybridized carbons (Fsp3) is 0.522. The summed E-state index contributed by atoms with van der Waals surface area (Å²) < 4.78 is 44.8. The van der Waals surface area contributed by atoms with Crippen molar-refractivity contribution >= 4 is 5.69 Å². The van der Waals surface area contributed by atoms with Gasteiger partial charge in [0.1, 0.15) is 11.4 Å². The van der Waals surface area contributed by atoms with Gasteiger partial charge in [0.15, 0.2) is 0 Å². The molecule has 0 spiro atoms. The molecule has 0 radical (unpaired) electrons. The molecule has 1 fully saturated rings. The van der Waals surface area contributed by atoms with Gasteiger partial charge in [0.25, 0.3) is 0 Å². The number of fused-ring (bicyclic) bond motifs is 1. The Morgan fingerprint density at radius 3 is 2.90 bits per heavy atom. The van der Waals surface area contributed by atoms with Crippen molar-refractivity contribution in [2.45, 2.75) is 45.3 Å². The molecule has 2 unspecified atom stereocenters. The molecule has 0 bridgehead atoms. The molecule has 0 amide bonds. The molecule has 4 nitrogen and oxygen atoms in total. The monoisotopic (exact) mass is 419 g/mol. The Balaban J connectivity index is 1.38. The number of hydrogen-bond acceptors (Lipinski definition) is 4. The molecule has 1 saturated heterocycles. The molecule has 1 aromatic heterocycles. The maximum absolute atomic E-state index is 13.0. The van der Waals surface area contributed by atoms with Crippen LogP contribution in [0.1, 0.15) is 48.3 Å². The molecular weight excluding hydrogens is 391 g/mol. The molecular formula is C23H28F3N3O. The normalized spacial score (nSPS) is 20.5. The van der Waals surface area contributed by atoms with Gasteiger partial charge in [-0.05, 0) is 68.5 Å². The number of benzene rings is 1. The van der Waals surface area contributed by atoms with Crippen LogP contribution in [0, 0.1) is 12.8 Å². The number of nitrogens with one attached hydrogen (secondary N) is 1. The van der Waals surface area contributed by atoms with Crippen molar-refractivity contribution in [3.05, 3.63) is 52.8 Å². The number of piperidine rings is 1. The summed E-state index contributed by atoms with van der Waals surface area (Å²) in [6, 6.07) is 9.57. The maximum atomic E-state index is 13.0. The molecule has 1 N–H and O–H groups in total. The molecule has 30 heavy (non-hydrogen) atoms. The standard InChI is InChI=1S/C23H28F3N3O/c1-15-10-20(12-22(28-15)23(24,25)26)27-13-17-4-3-8-29(14-17)16(2)19-6-5-18-7-9-30-21(18)11-19/h5-6,10-12,16-17H,3-4,7-9,13-14H2,1-2H3,(H,27,28). The quantitative estimate of drug-likeness (QED) is 0.720. The van der Waals surface area contributed by atoms with E-state index in [1.807, 2.05) is 0 Å². The van der Waals surface area contributed by atoms with Crippen LogP contribution in [-0.4, -0.2) is 36.1 Å². The molecule has 2 atom stereocenters. The van der Waals surface area contributed by atoms with Gasteiger partial charge in [0, 0.05) is 36.9 Å². The minimum atomic E-state index is -4.43. The van der Waals surface area contributed by atoms with Crippen molar-refractivity contribution in [1.29, 1.82) is 0 Å². The van der Waals surface area contributed by atoms with Crippen LogP contribution in [0.5, 0.6) is 5.75 Å². The average Bonchev–Trinajstić information content (AvgIpc) is 3.19. The Bertz CT molecular complexity index is 900. The van der Waals surface area contributed by atoms with Crippen LogP contribution in [0.25, 0.3) is 0 Å². The van der Waals surface area contributed by atoms with E-state index in [2.05, 4.69) is 40.3 Å². The van der Waals surface area contributed by atoms with Crippen molar-refractivity contribution in [2.24, 2.45) is 5.92 Å². The lowest BCUT2D eigenvalue weighted by atomic mass is 9.94. The summed E-state index contributed by atoms with van der Waals surface area (Å²) in [5, 5.41) is 3.21. The number of rotatable bonds is 5. The third-order valence-corrected chi connectivity index (χ3v) is 6.14. The predicted molar refractivity (Wildman–Crippen MR) is 111 cm³/mol. The van der Waals surface area contributed by atoms with Crippen LogP contribution >= 0.6 is 0 Å². The van der Waals surface area contributed by atoms with E-state index in [0.29, 0.717) is 23.8 Å². The highest BCUT2D eigenvalue weighted by Gasteiger charge is 2.33. The molecule has 2 aromatic rings. The van der Waals surface area contributed by atoms with Crippen molar-refractivity contribution in [3.63, 3.8) is 0 Å². The van der Waals surface area contributed by atoms with Crippen LogP contribution < -0.4 is 10.1 Å². The van der Waals surface area contributed by atoms with Gasteiger partial charge in [-0.1, -0.05) is 12.1 Å². The lowest BCUT2D eigenvalue weighted by molar-refractivity contribution is -0.141. The van der Waals surface area contributed by atoms with E-state index in [0.717, 1.165) is 50.8 Å². The summed E-state index contributed by atoms with van der Waals surface area (Å²) >= 11 is 0. The van der Waals surface area contributed by atoms with E-state index < -0.39 is 11.9 Å². The summed E-state index contributed by atoms with van der Waals surface area (Å²) in [5.74, 6) is 1.39. The highest BCUT2D eigenvalue weighted by atomic mass is 19.4. The highest BCUT2D eigenvalue weighted by Crippen LogP contribution is 2.33. The number of pyridine rings is 1. The van der Waals surface area contributed by atoms with E-state index in [-0.39, 0.29) is 6.04 Å². The number of halogens is 3. The zero-order chi connectivity index (χ0) is 21.3. The average molecular weight is 419 g/mol. The number of anilines is 1. The van der Waals surface area contributed by atoms with E-state index >= 15 is 0 Å². The van der Waals surface area contributed by atoms with Crippen molar-refractivity contribution in [1.82, 2.24) is 9.88 Å². The third-order valence-electron chi connectivity index (χ3n) is 6.14. The Morgan fingerprint density at radius 1 is 1.27 bits per heavy atom. The Labute approximate surface area is 175 Å². The topological polar surface area (TPSA) is 37.4 Å². The van der Waals surface area contributed by atoms with Gasteiger partial charge in [-0.15, -0.1) is 0 Å². The van der Waals surface area contributed by atoms with Gasteiger partial charge in [-0.2, -0.15) is 13.2 Å². The number of alkyl halides is 3. The first-order valence-electron chi connectivity index (χ1n) is 10.6. The molecule has 1 aromatic carbocycles. The van der Waals surface area contributed by atoms with Crippen LogP contribution in [0.15, 0.2) is 30.3 Å². The van der Waals surface area contributed by atoms with Crippen LogP contribution in [0.2, 0.25) is 0 Å². The summed E-state index contributed by atoms with van der Waals surface area (Å²) in [6.45, 7) is 7.16. The minimum absolute atomic E-state index is 0.280. The fourth-order valence-corrected chi connectivity index (χ4v) is 4.45. The van der Waals surface area contributed by atoms with Gasteiger partial charge >= 0.3 is 6.18 Å². The molecule has 7 heteroatoms. The lowest BCUT2D eigenvalue weighted by Gasteiger charge is -2.37. The molecule has 0 aliphatic carbocycles. The number of likely N-dealkylation sites (tertiary alicyclic amines) is 1. The van der Waals surface area contributed by atoms with E-state index in [1.54, 1.807) is 13.0 Å². The Hall–Kier alpha value is -2.28. The predicted octanol–water partition coefficient (Wildman–Crippen LogP) is 5.23. The summed E-state index contributed by atoms with van der Waals surface area (Å²) in [4.78, 5) is 6.07. The fourth-order valence-electron chi connectivity index (χ4n) is 4.45. The van der Waals surface area contributed by atoms with Gasteiger partial charge in [-0.3, -0.25) is 4.90 Å². The molecule has 162 valence electrons. The molecule has 2 aliphatic rings. The smallest absolute Gasteiger partial charge is 0.433 e. The van der Waals surface area contributed by atoms with Crippen molar-refractivity contribution in [2.75, 3.05) is 31.6 Å². The van der Waals surface area contributed by atoms with E-state index in [1.165, 1.54) is 11.1 Å². The van der Waals surface area contributed by atoms with Gasteiger partial charge < -0.3 is 10.1 Å². The molecule has 4 rings (SSSR count). The zero-order valence-electron chi connectivity index (χ0n) is 17.4. The molecule has 0 saturated carbocycles. The van der Waals surface area contributed by atoms with Crippen LogP contribution in [-0.2, 0) is 12.6 Å². The van der Waals surface area contributed by atoms with Gasteiger partial charge in [0.2, 0.25) is 0 Å². The minimum Gasteiger partial charge on any atom is -0.493 e. The summed E-state index contributed by atoms with van der Waals surface area (Å²) in [5.41, 5.74) is 2.53. The van der Waals surface area contributed by atoms with Gasteiger partial charge in [0.05, 0.1) is 6.61 Å². The summed E-state index contributed by atoms with van der Waals surface area (Å²) in [7, 11) is 0. The molecule has 2 aliphatic heterocycles. The largest absolute Gasteiger partial charge is 0.493 e. The van der Waals surface area contributed by atoms with Crippen molar-refractivity contribution in [3.8, 4) is 5.75 Å².